The Labute approximate surface area is 131 Å². The minimum Gasteiger partial charge on any atom is -0.454 e. The van der Waals surface area contributed by atoms with Gasteiger partial charge in [0.05, 0.1) is 0 Å². The van der Waals surface area contributed by atoms with Gasteiger partial charge in [0.15, 0.2) is 11.5 Å². The largest absolute Gasteiger partial charge is 0.454 e. The van der Waals surface area contributed by atoms with E-state index in [9.17, 15) is 8.42 Å². The van der Waals surface area contributed by atoms with E-state index >= 15 is 0 Å². The normalized spacial score (nSPS) is 22.2. The van der Waals surface area contributed by atoms with Crippen molar-refractivity contribution < 1.29 is 17.9 Å². The molecule has 0 N–H and O–H groups in total. The van der Waals surface area contributed by atoms with Crippen molar-refractivity contribution in [1.29, 1.82) is 0 Å². The van der Waals surface area contributed by atoms with E-state index in [2.05, 4.69) is 6.92 Å². The fraction of sp³-hybridized carbons (Fsp3) is 0.600. The topological polar surface area (TPSA) is 59.1 Å². The van der Waals surface area contributed by atoms with E-state index in [1.165, 1.54) is 4.31 Å². The number of ether oxygens (including phenoxy) is 2. The summed E-state index contributed by atoms with van der Waals surface area (Å²) < 4.78 is 38.9. The van der Waals surface area contributed by atoms with E-state index < -0.39 is 10.2 Å². The van der Waals surface area contributed by atoms with E-state index in [0.717, 1.165) is 18.4 Å². The highest BCUT2D eigenvalue weighted by molar-refractivity contribution is 7.86. The van der Waals surface area contributed by atoms with Gasteiger partial charge in [0.2, 0.25) is 6.79 Å². The van der Waals surface area contributed by atoms with Crippen molar-refractivity contribution in [3.63, 3.8) is 0 Å². The summed E-state index contributed by atoms with van der Waals surface area (Å²) in [4.78, 5) is 0. The molecule has 122 valence electrons. The molecule has 1 aromatic carbocycles. The Kier molecular flexibility index (Phi) is 4.29. The van der Waals surface area contributed by atoms with Gasteiger partial charge in [0, 0.05) is 26.7 Å². The monoisotopic (exact) mass is 326 g/mol. The molecule has 1 saturated heterocycles. The van der Waals surface area contributed by atoms with Crippen LogP contribution in [0.15, 0.2) is 18.2 Å². The highest BCUT2D eigenvalue weighted by atomic mass is 32.2. The van der Waals surface area contributed by atoms with Crippen molar-refractivity contribution >= 4 is 10.2 Å². The van der Waals surface area contributed by atoms with Crippen LogP contribution in [0.2, 0.25) is 0 Å². The Hall–Kier alpha value is -1.31. The lowest BCUT2D eigenvalue weighted by atomic mass is 10.0. The number of benzene rings is 1. The van der Waals surface area contributed by atoms with Gasteiger partial charge in [-0.05, 0) is 36.5 Å². The van der Waals surface area contributed by atoms with Gasteiger partial charge >= 0.3 is 0 Å². The second-order valence-corrected chi connectivity index (χ2v) is 8.09. The average molecular weight is 326 g/mol. The zero-order valence-corrected chi connectivity index (χ0v) is 13.8. The summed E-state index contributed by atoms with van der Waals surface area (Å²) in [5, 5.41) is 0. The number of fused-ring (bicyclic) bond motifs is 1. The molecule has 0 radical (unpaired) electrons. The van der Waals surface area contributed by atoms with Gasteiger partial charge in [0.25, 0.3) is 10.2 Å². The Morgan fingerprint density at radius 1 is 1.32 bits per heavy atom. The third kappa shape index (κ3) is 3.06. The van der Waals surface area contributed by atoms with Crippen molar-refractivity contribution in [1.82, 2.24) is 8.61 Å². The lowest BCUT2D eigenvalue weighted by molar-refractivity contribution is 0.174. The van der Waals surface area contributed by atoms with Crippen molar-refractivity contribution in [2.45, 2.75) is 26.3 Å². The fourth-order valence-corrected chi connectivity index (χ4v) is 4.44. The highest BCUT2D eigenvalue weighted by Crippen LogP contribution is 2.33. The lowest BCUT2D eigenvalue weighted by Crippen LogP contribution is -2.45. The molecule has 1 aromatic rings. The Bertz CT molecular complexity index is 647. The molecule has 0 amide bonds. The lowest BCUT2D eigenvalue weighted by Gasteiger charge is -2.33. The number of nitrogens with zero attached hydrogens (tertiary/aromatic N) is 2. The van der Waals surface area contributed by atoms with Gasteiger partial charge in [-0.1, -0.05) is 13.0 Å². The molecular weight excluding hydrogens is 304 g/mol. The Morgan fingerprint density at radius 3 is 2.86 bits per heavy atom. The van der Waals surface area contributed by atoms with Crippen molar-refractivity contribution in [2.24, 2.45) is 5.92 Å². The molecule has 2 aliphatic rings. The summed E-state index contributed by atoms with van der Waals surface area (Å²) in [6.07, 6.45) is 2.02. The molecule has 6 nitrogen and oxygen atoms in total. The maximum absolute atomic E-state index is 12.7. The molecule has 2 aliphatic heterocycles. The summed E-state index contributed by atoms with van der Waals surface area (Å²) >= 11 is 0. The maximum Gasteiger partial charge on any atom is 0.282 e. The third-order valence-electron chi connectivity index (χ3n) is 4.18. The van der Waals surface area contributed by atoms with Gasteiger partial charge < -0.3 is 9.47 Å². The van der Waals surface area contributed by atoms with Crippen LogP contribution < -0.4 is 9.47 Å². The van der Waals surface area contributed by atoms with Crippen LogP contribution in [-0.4, -0.2) is 44.0 Å². The first-order chi connectivity index (χ1) is 10.5. The molecular formula is C15H22N2O4S. The van der Waals surface area contributed by atoms with Crippen molar-refractivity contribution in [3.8, 4) is 11.5 Å². The third-order valence-corrected chi connectivity index (χ3v) is 6.08. The predicted octanol–water partition coefficient (Wildman–Crippen LogP) is 1.82. The maximum atomic E-state index is 12.7. The van der Waals surface area contributed by atoms with E-state index in [0.29, 0.717) is 37.1 Å². The fourth-order valence-electron chi connectivity index (χ4n) is 2.93. The minimum absolute atomic E-state index is 0.221. The Balaban J connectivity index is 1.71. The molecule has 2 heterocycles. The molecule has 7 heteroatoms. The van der Waals surface area contributed by atoms with Gasteiger partial charge in [-0.15, -0.1) is 0 Å². The molecule has 0 spiro atoms. The second kappa shape index (κ2) is 6.06. The second-order valence-electron chi connectivity index (χ2n) is 6.06. The number of piperidine rings is 1. The highest BCUT2D eigenvalue weighted by Gasteiger charge is 2.30. The summed E-state index contributed by atoms with van der Waals surface area (Å²) in [5.41, 5.74) is 0.889. The van der Waals surface area contributed by atoms with Gasteiger partial charge in [-0.2, -0.15) is 17.0 Å². The van der Waals surface area contributed by atoms with E-state index in [-0.39, 0.29) is 6.79 Å². The molecule has 3 rings (SSSR count). The van der Waals surface area contributed by atoms with Crippen LogP contribution in [0.25, 0.3) is 0 Å². The zero-order chi connectivity index (χ0) is 15.7. The molecule has 1 atom stereocenters. The number of rotatable bonds is 4. The van der Waals surface area contributed by atoms with E-state index in [4.69, 9.17) is 9.47 Å². The summed E-state index contributed by atoms with van der Waals surface area (Å²) in [6.45, 7) is 3.86. The molecule has 0 aliphatic carbocycles. The first-order valence-electron chi connectivity index (χ1n) is 7.57. The van der Waals surface area contributed by atoms with Crippen LogP contribution in [0.4, 0.5) is 0 Å². The predicted molar refractivity (Wildman–Crippen MR) is 82.9 cm³/mol. The molecule has 1 fully saturated rings. The van der Waals surface area contributed by atoms with Crippen molar-refractivity contribution in [2.75, 3.05) is 26.9 Å². The number of hydrogen-bond donors (Lipinski definition) is 0. The standard InChI is InChI=1S/C15H22N2O4S/c1-12-4-3-7-17(9-12)22(18,19)16(2)10-13-5-6-14-15(8-13)21-11-20-14/h5-6,8,12H,3-4,7,9-11H2,1-2H3/t12-/m1/s1. The molecule has 0 aromatic heterocycles. The van der Waals surface area contributed by atoms with Crippen LogP contribution in [0.3, 0.4) is 0 Å². The quantitative estimate of drug-likeness (QED) is 0.847. The molecule has 0 saturated carbocycles. The summed E-state index contributed by atoms with van der Waals surface area (Å²) in [5.74, 6) is 1.80. The SMILES string of the molecule is C[C@@H]1CCCN(S(=O)(=O)N(C)Cc2ccc3c(c2)OCO3)C1. The average Bonchev–Trinajstić information content (AvgIpc) is 2.94. The van der Waals surface area contributed by atoms with Crippen LogP contribution >= 0.6 is 0 Å². The Morgan fingerprint density at radius 2 is 2.09 bits per heavy atom. The van der Waals surface area contributed by atoms with Crippen LogP contribution in [-0.2, 0) is 16.8 Å². The summed E-state index contributed by atoms with van der Waals surface area (Å²) in [6, 6.07) is 5.53. The van der Waals surface area contributed by atoms with E-state index in [1.807, 2.05) is 18.2 Å². The van der Waals surface area contributed by atoms with Crippen LogP contribution in [0.1, 0.15) is 25.3 Å². The molecule has 0 unspecified atom stereocenters. The molecule has 22 heavy (non-hydrogen) atoms. The first-order valence-corrected chi connectivity index (χ1v) is 8.96. The van der Waals surface area contributed by atoms with Crippen molar-refractivity contribution in [3.05, 3.63) is 23.8 Å². The van der Waals surface area contributed by atoms with Gasteiger partial charge in [-0.25, -0.2) is 0 Å². The summed E-state index contributed by atoms with van der Waals surface area (Å²) in [7, 11) is -1.79. The van der Waals surface area contributed by atoms with Crippen LogP contribution in [0, 0.1) is 5.92 Å². The van der Waals surface area contributed by atoms with E-state index in [1.54, 1.807) is 11.4 Å². The smallest absolute Gasteiger partial charge is 0.282 e. The first kappa shape index (κ1) is 15.6. The van der Waals surface area contributed by atoms with Crippen LogP contribution in [0.5, 0.6) is 11.5 Å². The minimum atomic E-state index is -3.41. The zero-order valence-electron chi connectivity index (χ0n) is 13.0. The molecule has 0 bridgehead atoms. The van der Waals surface area contributed by atoms with Gasteiger partial charge in [-0.3, -0.25) is 0 Å². The van der Waals surface area contributed by atoms with Gasteiger partial charge in [0.1, 0.15) is 0 Å². The number of hydrogen-bond acceptors (Lipinski definition) is 4.